The van der Waals surface area contributed by atoms with Gasteiger partial charge in [-0.1, -0.05) is 17.7 Å². The monoisotopic (exact) mass is 236 g/mol. The Morgan fingerprint density at radius 2 is 2.06 bits per heavy atom. The zero-order valence-corrected chi connectivity index (χ0v) is 10.3. The van der Waals surface area contributed by atoms with Gasteiger partial charge >= 0.3 is 5.97 Å². The molecular weight excluding hydrogens is 224 g/mol. The zero-order valence-electron chi connectivity index (χ0n) is 9.50. The summed E-state index contributed by atoms with van der Waals surface area (Å²) >= 11 is 5.96. The largest absolute Gasteiger partial charge is 0.425 e. The van der Waals surface area contributed by atoms with Gasteiger partial charge in [-0.2, -0.15) is 0 Å². The highest BCUT2D eigenvalue weighted by atomic mass is 35.5. The smallest absolute Gasteiger partial charge is 0.321 e. The molecule has 1 heterocycles. The van der Waals surface area contributed by atoms with E-state index in [2.05, 4.69) is 0 Å². The van der Waals surface area contributed by atoms with Gasteiger partial charge in [0.1, 0.15) is 5.75 Å². The molecular formula is C13H13ClO2. The molecule has 2 nitrogen and oxygen atoms in total. The topological polar surface area (TPSA) is 26.3 Å². The van der Waals surface area contributed by atoms with Crippen LogP contribution in [0.5, 0.6) is 5.75 Å². The predicted octanol–water partition coefficient (Wildman–Crippen LogP) is 3.69. The molecule has 0 saturated carbocycles. The van der Waals surface area contributed by atoms with Gasteiger partial charge in [-0.15, -0.1) is 0 Å². The van der Waals surface area contributed by atoms with Crippen LogP contribution >= 0.6 is 11.6 Å². The van der Waals surface area contributed by atoms with Crippen molar-refractivity contribution in [3.63, 3.8) is 0 Å². The molecule has 0 bridgehead atoms. The van der Waals surface area contributed by atoms with Crippen LogP contribution in [-0.2, 0) is 4.79 Å². The van der Waals surface area contributed by atoms with Crippen LogP contribution in [0.15, 0.2) is 24.3 Å². The third-order valence-electron chi connectivity index (χ3n) is 2.91. The Morgan fingerprint density at radius 3 is 2.69 bits per heavy atom. The first-order valence-corrected chi connectivity index (χ1v) is 5.53. The van der Waals surface area contributed by atoms with Crippen molar-refractivity contribution < 1.29 is 9.53 Å². The number of carbonyl (C=O) groups is 1. The number of carbonyl (C=O) groups excluding carboxylic acids is 1. The molecule has 0 fully saturated rings. The normalized spacial score (nSPS) is 20.5. The van der Waals surface area contributed by atoms with E-state index in [4.69, 9.17) is 16.3 Å². The molecule has 0 spiro atoms. The summed E-state index contributed by atoms with van der Waals surface area (Å²) in [6.45, 7) is 5.63. The molecule has 1 aromatic rings. The highest BCUT2D eigenvalue weighted by Crippen LogP contribution is 2.45. The first-order valence-electron chi connectivity index (χ1n) is 5.16. The number of rotatable bonds is 0. The minimum absolute atomic E-state index is 0.226. The van der Waals surface area contributed by atoms with E-state index < -0.39 is 5.41 Å². The molecule has 1 aliphatic rings. The molecule has 1 aliphatic heterocycles. The van der Waals surface area contributed by atoms with E-state index in [-0.39, 0.29) is 5.97 Å². The number of halogens is 1. The standard InChI is InChI=1S/C13H13ClO2/c1-4-10-9-7-8(14)5-6-11(9)16-12(15)13(10,2)3/h4-7H,1-3H3/b10-4-. The van der Waals surface area contributed by atoms with Gasteiger partial charge in [-0.05, 0) is 44.5 Å². The van der Waals surface area contributed by atoms with E-state index in [0.717, 1.165) is 11.1 Å². The van der Waals surface area contributed by atoms with Crippen molar-refractivity contribution in [1.29, 1.82) is 0 Å². The zero-order chi connectivity index (χ0) is 11.9. The summed E-state index contributed by atoms with van der Waals surface area (Å²) in [5, 5.41) is 0.645. The second-order valence-corrected chi connectivity index (χ2v) is 4.79. The van der Waals surface area contributed by atoms with Crippen LogP contribution in [0.4, 0.5) is 0 Å². The van der Waals surface area contributed by atoms with Gasteiger partial charge in [0.2, 0.25) is 0 Å². The molecule has 2 rings (SSSR count). The Kier molecular flexibility index (Phi) is 2.55. The summed E-state index contributed by atoms with van der Waals surface area (Å²) in [7, 11) is 0. The van der Waals surface area contributed by atoms with Gasteiger partial charge in [0.25, 0.3) is 0 Å². The van der Waals surface area contributed by atoms with Gasteiger partial charge in [0, 0.05) is 10.6 Å². The molecule has 0 radical (unpaired) electrons. The van der Waals surface area contributed by atoms with E-state index >= 15 is 0 Å². The van der Waals surface area contributed by atoms with Crippen LogP contribution in [0.25, 0.3) is 5.57 Å². The van der Waals surface area contributed by atoms with Gasteiger partial charge in [0.05, 0.1) is 5.41 Å². The fourth-order valence-corrected chi connectivity index (χ4v) is 2.16. The van der Waals surface area contributed by atoms with Gasteiger partial charge in [-0.3, -0.25) is 4.79 Å². The lowest BCUT2D eigenvalue weighted by Crippen LogP contribution is -2.34. The molecule has 84 valence electrons. The molecule has 3 heteroatoms. The van der Waals surface area contributed by atoms with Crippen molar-refractivity contribution in [2.45, 2.75) is 20.8 Å². The first kappa shape index (κ1) is 11.2. The van der Waals surface area contributed by atoms with E-state index in [9.17, 15) is 4.79 Å². The molecule has 0 aliphatic carbocycles. The number of ether oxygens (including phenoxy) is 1. The molecule has 1 aromatic carbocycles. The van der Waals surface area contributed by atoms with Crippen LogP contribution in [0.3, 0.4) is 0 Å². The Morgan fingerprint density at radius 1 is 1.38 bits per heavy atom. The van der Waals surface area contributed by atoms with Crippen LogP contribution < -0.4 is 4.74 Å². The third kappa shape index (κ3) is 1.54. The van der Waals surface area contributed by atoms with Crippen LogP contribution in [0, 0.1) is 5.41 Å². The minimum atomic E-state index is -0.619. The van der Waals surface area contributed by atoms with Crippen LogP contribution in [0.2, 0.25) is 5.02 Å². The van der Waals surface area contributed by atoms with Crippen molar-refractivity contribution >= 4 is 23.1 Å². The molecule has 0 amide bonds. The van der Waals surface area contributed by atoms with Gasteiger partial charge in [0.15, 0.2) is 0 Å². The Balaban J connectivity index is 2.68. The molecule has 16 heavy (non-hydrogen) atoms. The fraction of sp³-hybridized carbons (Fsp3) is 0.308. The van der Waals surface area contributed by atoms with Crippen molar-refractivity contribution in [3.05, 3.63) is 34.9 Å². The van der Waals surface area contributed by atoms with Gasteiger partial charge in [-0.25, -0.2) is 0 Å². The molecule has 0 aromatic heterocycles. The summed E-state index contributed by atoms with van der Waals surface area (Å²) in [6.07, 6.45) is 1.94. The lowest BCUT2D eigenvalue weighted by Gasteiger charge is -2.32. The Labute approximate surface area is 99.9 Å². The summed E-state index contributed by atoms with van der Waals surface area (Å²) < 4.78 is 5.30. The highest BCUT2D eigenvalue weighted by Gasteiger charge is 2.39. The second-order valence-electron chi connectivity index (χ2n) is 4.36. The first-order chi connectivity index (χ1) is 7.46. The van der Waals surface area contributed by atoms with E-state index in [1.54, 1.807) is 12.1 Å². The molecule has 0 unspecified atom stereocenters. The van der Waals surface area contributed by atoms with Crippen molar-refractivity contribution in [2.24, 2.45) is 5.41 Å². The maximum atomic E-state index is 11.8. The highest BCUT2D eigenvalue weighted by molar-refractivity contribution is 6.30. The third-order valence-corrected chi connectivity index (χ3v) is 3.14. The number of benzene rings is 1. The maximum absolute atomic E-state index is 11.8. The Bertz CT molecular complexity index is 487. The number of hydrogen-bond acceptors (Lipinski definition) is 2. The quantitative estimate of drug-likeness (QED) is 0.507. The average Bonchev–Trinajstić information content (AvgIpc) is 2.21. The maximum Gasteiger partial charge on any atom is 0.321 e. The number of fused-ring (bicyclic) bond motifs is 1. The average molecular weight is 237 g/mol. The van der Waals surface area contributed by atoms with Crippen LogP contribution in [0.1, 0.15) is 26.3 Å². The number of esters is 1. The minimum Gasteiger partial charge on any atom is -0.425 e. The molecule has 0 atom stereocenters. The lowest BCUT2D eigenvalue weighted by atomic mass is 9.78. The van der Waals surface area contributed by atoms with Crippen LogP contribution in [-0.4, -0.2) is 5.97 Å². The van der Waals surface area contributed by atoms with Gasteiger partial charge < -0.3 is 4.74 Å². The lowest BCUT2D eigenvalue weighted by molar-refractivity contribution is -0.141. The van der Waals surface area contributed by atoms with Crippen molar-refractivity contribution in [3.8, 4) is 5.75 Å². The fourth-order valence-electron chi connectivity index (χ4n) is 1.99. The summed E-state index contributed by atoms with van der Waals surface area (Å²) in [4.78, 5) is 11.8. The SMILES string of the molecule is C/C=C1/c2cc(Cl)ccc2OC(=O)C1(C)C. The van der Waals surface area contributed by atoms with Crippen molar-refractivity contribution in [1.82, 2.24) is 0 Å². The molecule has 0 saturated heterocycles. The van der Waals surface area contributed by atoms with Crippen molar-refractivity contribution in [2.75, 3.05) is 0 Å². The summed E-state index contributed by atoms with van der Waals surface area (Å²) in [6, 6.07) is 5.29. The predicted molar refractivity (Wildman–Crippen MR) is 64.5 cm³/mol. The summed E-state index contributed by atoms with van der Waals surface area (Å²) in [5.74, 6) is 0.359. The van der Waals surface area contributed by atoms with E-state index in [1.807, 2.05) is 32.9 Å². The Hall–Kier alpha value is -1.28. The van der Waals surface area contributed by atoms with E-state index in [0.29, 0.717) is 10.8 Å². The summed E-state index contributed by atoms with van der Waals surface area (Å²) in [5.41, 5.74) is 1.24. The second kappa shape index (κ2) is 3.63. The number of hydrogen-bond donors (Lipinski definition) is 0. The number of allylic oxidation sites excluding steroid dienone is 1. The molecule has 0 N–H and O–H groups in total. The van der Waals surface area contributed by atoms with E-state index in [1.165, 1.54) is 0 Å².